The molecule has 1 fully saturated rings. The third-order valence-corrected chi connectivity index (χ3v) is 5.29. The first-order valence-electron chi connectivity index (χ1n) is 7.02. The molecule has 0 amide bonds. The molecule has 4 N–H and O–H groups in total. The zero-order chi connectivity index (χ0) is 15.5. The average Bonchev–Trinajstić information content (AvgIpc) is 2.46. The van der Waals surface area contributed by atoms with Gasteiger partial charge >= 0.3 is 0 Å². The van der Waals surface area contributed by atoms with E-state index in [9.17, 15) is 13.5 Å². The van der Waals surface area contributed by atoms with Crippen LogP contribution in [0.2, 0.25) is 0 Å². The van der Waals surface area contributed by atoms with Crippen LogP contribution >= 0.6 is 0 Å². The molecule has 1 aromatic carbocycles. The van der Waals surface area contributed by atoms with Crippen LogP contribution in [0.4, 0.5) is 5.69 Å². The number of rotatable bonds is 5. The molecule has 2 rings (SSSR count). The summed E-state index contributed by atoms with van der Waals surface area (Å²) in [5.41, 5.74) is 5.11. The Morgan fingerprint density at radius 2 is 2.00 bits per heavy atom. The van der Waals surface area contributed by atoms with E-state index in [-0.39, 0.29) is 11.4 Å². The highest BCUT2D eigenvalue weighted by atomic mass is 32.2. The lowest BCUT2D eigenvalue weighted by atomic mass is 9.85. The van der Waals surface area contributed by atoms with Crippen molar-refractivity contribution in [2.24, 2.45) is 0 Å². The highest BCUT2D eigenvalue weighted by Crippen LogP contribution is 2.28. The summed E-state index contributed by atoms with van der Waals surface area (Å²) in [4.78, 5) is 0.0768. The molecule has 0 heterocycles. The number of sulfonamides is 1. The fourth-order valence-electron chi connectivity index (χ4n) is 2.56. The molecule has 0 spiro atoms. The molecule has 21 heavy (non-hydrogen) atoms. The number of hydrogen-bond donors (Lipinski definition) is 3. The van der Waals surface area contributed by atoms with Crippen molar-refractivity contribution < 1.29 is 18.3 Å². The number of nitrogens with two attached hydrogens (primary N) is 1. The Balaban J connectivity index is 2.11. The van der Waals surface area contributed by atoms with Gasteiger partial charge in [-0.1, -0.05) is 19.3 Å². The molecule has 1 aromatic rings. The van der Waals surface area contributed by atoms with E-state index in [1.54, 1.807) is 0 Å². The van der Waals surface area contributed by atoms with Gasteiger partial charge in [0.2, 0.25) is 10.0 Å². The van der Waals surface area contributed by atoms with E-state index < -0.39 is 15.6 Å². The van der Waals surface area contributed by atoms with Gasteiger partial charge in [0, 0.05) is 12.6 Å². The zero-order valence-corrected chi connectivity index (χ0v) is 12.9. The summed E-state index contributed by atoms with van der Waals surface area (Å²) in [5, 5.41) is 10.4. The van der Waals surface area contributed by atoms with Crippen molar-refractivity contribution in [2.75, 3.05) is 19.4 Å². The lowest BCUT2D eigenvalue weighted by molar-refractivity contribution is 0.00945. The maximum Gasteiger partial charge on any atom is 0.240 e. The zero-order valence-electron chi connectivity index (χ0n) is 12.1. The molecule has 118 valence electrons. The number of hydrogen-bond acceptors (Lipinski definition) is 5. The van der Waals surface area contributed by atoms with Crippen LogP contribution in [0.25, 0.3) is 0 Å². The van der Waals surface area contributed by atoms with Gasteiger partial charge in [-0.05, 0) is 25.0 Å². The van der Waals surface area contributed by atoms with Crippen LogP contribution in [0.1, 0.15) is 32.1 Å². The molecule has 1 aliphatic rings. The topological polar surface area (TPSA) is 102 Å². The predicted molar refractivity (Wildman–Crippen MR) is 80.6 cm³/mol. The van der Waals surface area contributed by atoms with Gasteiger partial charge in [0.1, 0.15) is 5.75 Å². The lowest BCUT2D eigenvalue weighted by Gasteiger charge is -2.32. The first-order chi connectivity index (χ1) is 9.86. The van der Waals surface area contributed by atoms with Gasteiger partial charge in [-0.3, -0.25) is 0 Å². The van der Waals surface area contributed by atoms with E-state index >= 15 is 0 Å². The molecule has 1 saturated carbocycles. The van der Waals surface area contributed by atoms with E-state index in [1.807, 2.05) is 0 Å². The summed E-state index contributed by atoms with van der Waals surface area (Å²) in [6.45, 7) is 0.0298. The number of aliphatic hydroxyl groups is 1. The normalized spacial score (nSPS) is 18.4. The van der Waals surface area contributed by atoms with E-state index in [2.05, 4.69) is 4.72 Å². The van der Waals surface area contributed by atoms with Crippen LogP contribution in [0, 0.1) is 0 Å². The summed E-state index contributed by atoms with van der Waals surface area (Å²) in [7, 11) is -2.26. The van der Waals surface area contributed by atoms with Crippen LogP contribution in [0.3, 0.4) is 0 Å². The third-order valence-electron chi connectivity index (χ3n) is 3.89. The number of nitrogen functional groups attached to an aromatic ring is 1. The summed E-state index contributed by atoms with van der Waals surface area (Å²) in [5.74, 6) is 0.314. The Bertz CT molecular complexity index is 595. The Labute approximate surface area is 125 Å². The number of nitrogens with one attached hydrogen (secondary N) is 1. The standard InChI is InChI=1S/C14H22N2O4S/c1-20-13-9-11(5-6-12(13)15)21(18,19)16-10-14(17)7-3-2-4-8-14/h5-6,9,16-17H,2-4,7-8,10,15H2,1H3. The van der Waals surface area contributed by atoms with E-state index in [0.29, 0.717) is 24.3 Å². The van der Waals surface area contributed by atoms with Crippen LogP contribution < -0.4 is 15.2 Å². The molecule has 1 aliphatic carbocycles. The monoisotopic (exact) mass is 314 g/mol. The van der Waals surface area contributed by atoms with Gasteiger partial charge in [0.25, 0.3) is 0 Å². The van der Waals surface area contributed by atoms with Crippen LogP contribution in [-0.4, -0.2) is 32.8 Å². The molecule has 0 unspecified atom stereocenters. The highest BCUT2D eigenvalue weighted by molar-refractivity contribution is 7.89. The molecule has 0 radical (unpaired) electrons. The molecule has 6 nitrogen and oxygen atoms in total. The summed E-state index contributed by atoms with van der Waals surface area (Å²) < 4.78 is 32.1. The van der Waals surface area contributed by atoms with Gasteiger partial charge in [0.05, 0.1) is 23.3 Å². The van der Waals surface area contributed by atoms with Gasteiger partial charge in [-0.2, -0.15) is 0 Å². The van der Waals surface area contributed by atoms with Gasteiger partial charge in [-0.25, -0.2) is 13.1 Å². The molecule has 0 aromatic heterocycles. The molecule has 0 atom stereocenters. The van der Waals surface area contributed by atoms with Crippen molar-refractivity contribution in [3.8, 4) is 5.75 Å². The minimum Gasteiger partial charge on any atom is -0.495 e. The predicted octanol–water partition coefficient (Wildman–Crippen LogP) is 1.25. The number of benzene rings is 1. The average molecular weight is 314 g/mol. The quantitative estimate of drug-likeness (QED) is 0.710. The lowest BCUT2D eigenvalue weighted by Crippen LogP contribution is -2.44. The molecule has 0 bridgehead atoms. The second-order valence-electron chi connectivity index (χ2n) is 5.51. The molecule has 7 heteroatoms. The van der Waals surface area contributed by atoms with Gasteiger partial charge in [-0.15, -0.1) is 0 Å². The minimum atomic E-state index is -3.69. The Morgan fingerprint density at radius 1 is 1.33 bits per heavy atom. The summed E-state index contributed by atoms with van der Waals surface area (Å²) in [6, 6.07) is 4.29. The van der Waals surface area contributed by atoms with Gasteiger partial charge < -0.3 is 15.6 Å². The Kier molecular flexibility index (Phi) is 4.75. The summed E-state index contributed by atoms with van der Waals surface area (Å²) >= 11 is 0. The first-order valence-corrected chi connectivity index (χ1v) is 8.50. The number of anilines is 1. The fraction of sp³-hybridized carbons (Fsp3) is 0.571. The van der Waals surface area contributed by atoms with Crippen molar-refractivity contribution in [3.05, 3.63) is 18.2 Å². The number of methoxy groups -OCH3 is 1. The Morgan fingerprint density at radius 3 is 2.62 bits per heavy atom. The maximum atomic E-state index is 12.3. The minimum absolute atomic E-state index is 0.0298. The molecular weight excluding hydrogens is 292 g/mol. The second-order valence-corrected chi connectivity index (χ2v) is 7.28. The van der Waals surface area contributed by atoms with Crippen molar-refractivity contribution in [1.29, 1.82) is 0 Å². The van der Waals surface area contributed by atoms with Crippen molar-refractivity contribution in [1.82, 2.24) is 4.72 Å². The molecular formula is C14H22N2O4S. The smallest absolute Gasteiger partial charge is 0.240 e. The van der Waals surface area contributed by atoms with Crippen LogP contribution in [0.15, 0.2) is 23.1 Å². The van der Waals surface area contributed by atoms with Crippen LogP contribution in [0.5, 0.6) is 5.75 Å². The van der Waals surface area contributed by atoms with Crippen molar-refractivity contribution in [2.45, 2.75) is 42.6 Å². The van der Waals surface area contributed by atoms with Crippen LogP contribution in [-0.2, 0) is 10.0 Å². The third kappa shape index (κ3) is 3.87. The van der Waals surface area contributed by atoms with Gasteiger partial charge in [0.15, 0.2) is 0 Å². The van der Waals surface area contributed by atoms with E-state index in [0.717, 1.165) is 19.3 Å². The molecule has 0 aliphatic heterocycles. The Hall–Kier alpha value is -1.31. The summed E-state index contributed by atoms with van der Waals surface area (Å²) in [6.07, 6.45) is 4.19. The fourth-order valence-corrected chi connectivity index (χ4v) is 3.69. The molecule has 0 saturated heterocycles. The highest BCUT2D eigenvalue weighted by Gasteiger charge is 2.31. The second kappa shape index (κ2) is 6.21. The largest absolute Gasteiger partial charge is 0.495 e. The van der Waals surface area contributed by atoms with Crippen molar-refractivity contribution in [3.63, 3.8) is 0 Å². The van der Waals surface area contributed by atoms with E-state index in [1.165, 1.54) is 25.3 Å². The van der Waals surface area contributed by atoms with Crippen molar-refractivity contribution >= 4 is 15.7 Å². The van der Waals surface area contributed by atoms with E-state index in [4.69, 9.17) is 10.5 Å². The number of ether oxygens (including phenoxy) is 1. The maximum absolute atomic E-state index is 12.3. The SMILES string of the molecule is COc1cc(S(=O)(=O)NCC2(O)CCCCC2)ccc1N. The first kappa shape index (κ1) is 16.1.